The van der Waals surface area contributed by atoms with Crippen molar-refractivity contribution in [3.63, 3.8) is 0 Å². The number of piperidine rings is 1. The Bertz CT molecular complexity index is 520. The molecule has 5 heteroatoms. The molecule has 0 spiro atoms. The second-order valence-corrected chi connectivity index (χ2v) is 5.47. The minimum absolute atomic E-state index is 0.110. The number of hydrogen-bond donors (Lipinski definition) is 0. The number of ether oxygens (including phenoxy) is 1. The molecule has 1 saturated heterocycles. The summed E-state index contributed by atoms with van der Waals surface area (Å²) in [7, 11) is 0. The van der Waals surface area contributed by atoms with Gasteiger partial charge in [-0.25, -0.2) is 9.78 Å². The summed E-state index contributed by atoms with van der Waals surface area (Å²) in [4.78, 5) is 30.4. The average Bonchev–Trinajstić information content (AvgIpc) is 2.47. The lowest BCUT2D eigenvalue weighted by atomic mass is 9.97. The maximum absolute atomic E-state index is 12.7. The average molecular weight is 290 g/mol. The lowest BCUT2D eigenvalue weighted by Crippen LogP contribution is -2.47. The van der Waals surface area contributed by atoms with Crippen LogP contribution in [0.15, 0.2) is 18.2 Å². The summed E-state index contributed by atoms with van der Waals surface area (Å²) in [6.07, 6.45) is 3.16. The monoisotopic (exact) mass is 290 g/mol. The number of pyridine rings is 1. The Labute approximate surface area is 125 Å². The van der Waals surface area contributed by atoms with Gasteiger partial charge < -0.3 is 9.64 Å². The topological polar surface area (TPSA) is 59.5 Å². The fourth-order valence-electron chi connectivity index (χ4n) is 2.83. The van der Waals surface area contributed by atoms with E-state index in [1.165, 1.54) is 0 Å². The van der Waals surface area contributed by atoms with Crippen LogP contribution in [0.5, 0.6) is 0 Å². The molecule has 2 unspecified atom stereocenters. The Kier molecular flexibility index (Phi) is 4.94. The molecule has 2 heterocycles. The van der Waals surface area contributed by atoms with Crippen molar-refractivity contribution in [2.24, 2.45) is 0 Å². The van der Waals surface area contributed by atoms with Gasteiger partial charge in [0.2, 0.25) is 0 Å². The van der Waals surface area contributed by atoms with E-state index in [1.807, 2.05) is 4.90 Å². The predicted molar refractivity (Wildman–Crippen MR) is 79.1 cm³/mol. The maximum Gasteiger partial charge on any atom is 0.356 e. The van der Waals surface area contributed by atoms with Gasteiger partial charge in [0.05, 0.1) is 6.61 Å². The molecule has 0 N–H and O–H groups in total. The van der Waals surface area contributed by atoms with E-state index in [9.17, 15) is 9.59 Å². The van der Waals surface area contributed by atoms with Crippen LogP contribution < -0.4 is 0 Å². The van der Waals surface area contributed by atoms with E-state index in [0.717, 1.165) is 19.3 Å². The molecule has 1 aliphatic heterocycles. The van der Waals surface area contributed by atoms with E-state index in [2.05, 4.69) is 18.8 Å². The molecule has 0 saturated carbocycles. The summed E-state index contributed by atoms with van der Waals surface area (Å²) in [5.41, 5.74) is 0.487. The Hall–Kier alpha value is -1.91. The molecule has 0 aliphatic carbocycles. The van der Waals surface area contributed by atoms with Crippen molar-refractivity contribution in [2.45, 2.75) is 52.1 Å². The highest BCUT2D eigenvalue weighted by Gasteiger charge is 2.30. The number of likely N-dealkylation sites (tertiary alicyclic amines) is 1. The third-order valence-electron chi connectivity index (χ3n) is 3.88. The first kappa shape index (κ1) is 15.5. The van der Waals surface area contributed by atoms with Gasteiger partial charge in [-0.05, 0) is 52.2 Å². The first-order chi connectivity index (χ1) is 10.0. The second kappa shape index (κ2) is 6.70. The molecule has 21 heavy (non-hydrogen) atoms. The van der Waals surface area contributed by atoms with Crippen molar-refractivity contribution in [1.82, 2.24) is 9.88 Å². The number of nitrogens with zero attached hydrogens (tertiary/aromatic N) is 2. The van der Waals surface area contributed by atoms with Crippen molar-refractivity contribution >= 4 is 11.9 Å². The van der Waals surface area contributed by atoms with E-state index in [-0.39, 0.29) is 23.7 Å². The molecule has 1 aromatic heterocycles. The van der Waals surface area contributed by atoms with E-state index in [4.69, 9.17) is 4.74 Å². The summed E-state index contributed by atoms with van der Waals surface area (Å²) in [5, 5.41) is 0. The minimum Gasteiger partial charge on any atom is -0.461 e. The number of amides is 1. The molecule has 0 radical (unpaired) electrons. The molecule has 1 fully saturated rings. The van der Waals surface area contributed by atoms with Crippen molar-refractivity contribution < 1.29 is 14.3 Å². The summed E-state index contributed by atoms with van der Waals surface area (Å²) >= 11 is 0. The van der Waals surface area contributed by atoms with Crippen molar-refractivity contribution in [3.8, 4) is 0 Å². The van der Waals surface area contributed by atoms with E-state index in [0.29, 0.717) is 12.3 Å². The van der Waals surface area contributed by atoms with E-state index < -0.39 is 5.97 Å². The van der Waals surface area contributed by atoms with Crippen LogP contribution in [0.1, 0.15) is 61.0 Å². The second-order valence-electron chi connectivity index (χ2n) is 5.47. The van der Waals surface area contributed by atoms with E-state index >= 15 is 0 Å². The summed E-state index contributed by atoms with van der Waals surface area (Å²) in [6, 6.07) is 5.30. The molecule has 2 rings (SSSR count). The molecular formula is C16H22N2O3. The quantitative estimate of drug-likeness (QED) is 0.803. The van der Waals surface area contributed by atoms with Crippen molar-refractivity contribution in [3.05, 3.63) is 29.6 Å². The molecular weight excluding hydrogens is 268 g/mol. The van der Waals surface area contributed by atoms with Gasteiger partial charge in [-0.1, -0.05) is 6.07 Å². The lowest BCUT2D eigenvalue weighted by Gasteiger charge is -2.38. The van der Waals surface area contributed by atoms with Gasteiger partial charge in [0.15, 0.2) is 0 Å². The Morgan fingerprint density at radius 2 is 1.86 bits per heavy atom. The lowest BCUT2D eigenvalue weighted by molar-refractivity contribution is 0.0501. The fraction of sp³-hybridized carbons (Fsp3) is 0.562. The largest absolute Gasteiger partial charge is 0.461 e. The van der Waals surface area contributed by atoms with Crippen LogP contribution in [0.3, 0.4) is 0 Å². The Morgan fingerprint density at radius 3 is 2.48 bits per heavy atom. The molecule has 114 valence electrons. The highest BCUT2D eigenvalue weighted by molar-refractivity contribution is 5.95. The zero-order valence-electron chi connectivity index (χ0n) is 12.8. The first-order valence-corrected chi connectivity index (χ1v) is 7.51. The number of aromatic nitrogens is 1. The minimum atomic E-state index is -0.494. The standard InChI is InChI=1S/C16H22N2O3/c1-4-21-16(20)14-10-6-9-13(17-14)15(19)18-11(2)7-5-8-12(18)3/h6,9-12H,4-5,7-8H2,1-3H3. The Balaban J connectivity index is 2.22. The Morgan fingerprint density at radius 1 is 1.24 bits per heavy atom. The molecule has 0 bridgehead atoms. The van der Waals surface area contributed by atoms with Gasteiger partial charge in [-0.3, -0.25) is 4.79 Å². The van der Waals surface area contributed by atoms with Crippen molar-refractivity contribution in [2.75, 3.05) is 6.61 Å². The number of carbonyl (C=O) groups excluding carboxylic acids is 2. The maximum atomic E-state index is 12.7. The van der Waals surface area contributed by atoms with Crippen LogP contribution in [0, 0.1) is 0 Å². The van der Waals surface area contributed by atoms with Gasteiger partial charge in [-0.15, -0.1) is 0 Å². The van der Waals surface area contributed by atoms with Gasteiger partial charge in [-0.2, -0.15) is 0 Å². The third-order valence-corrected chi connectivity index (χ3v) is 3.88. The fourth-order valence-corrected chi connectivity index (χ4v) is 2.83. The van der Waals surface area contributed by atoms with Gasteiger partial charge in [0.1, 0.15) is 11.4 Å². The summed E-state index contributed by atoms with van der Waals surface area (Å²) in [5.74, 6) is -0.604. The van der Waals surface area contributed by atoms with Crippen LogP contribution in [-0.4, -0.2) is 40.5 Å². The summed E-state index contributed by atoms with van der Waals surface area (Å²) in [6.45, 7) is 6.15. The number of rotatable bonds is 3. The van der Waals surface area contributed by atoms with Gasteiger partial charge in [0.25, 0.3) is 5.91 Å². The molecule has 1 amide bonds. The van der Waals surface area contributed by atoms with Crippen LogP contribution in [0.2, 0.25) is 0 Å². The normalized spacial score (nSPS) is 22.0. The molecule has 1 aliphatic rings. The SMILES string of the molecule is CCOC(=O)c1cccc(C(=O)N2C(C)CCCC2C)n1. The molecule has 2 atom stereocenters. The number of esters is 1. The van der Waals surface area contributed by atoms with Gasteiger partial charge >= 0.3 is 5.97 Å². The zero-order valence-corrected chi connectivity index (χ0v) is 12.8. The third kappa shape index (κ3) is 3.40. The van der Waals surface area contributed by atoms with Crippen LogP contribution >= 0.6 is 0 Å². The zero-order chi connectivity index (χ0) is 15.4. The number of carbonyl (C=O) groups is 2. The molecule has 1 aromatic rings. The molecule has 5 nitrogen and oxygen atoms in total. The van der Waals surface area contributed by atoms with Gasteiger partial charge in [0, 0.05) is 12.1 Å². The van der Waals surface area contributed by atoms with Crippen LogP contribution in [-0.2, 0) is 4.74 Å². The summed E-state index contributed by atoms with van der Waals surface area (Å²) < 4.78 is 4.92. The predicted octanol–water partition coefficient (Wildman–Crippen LogP) is 2.66. The highest BCUT2D eigenvalue weighted by Crippen LogP contribution is 2.24. The smallest absolute Gasteiger partial charge is 0.356 e. The number of hydrogen-bond acceptors (Lipinski definition) is 4. The van der Waals surface area contributed by atoms with Crippen LogP contribution in [0.25, 0.3) is 0 Å². The van der Waals surface area contributed by atoms with E-state index in [1.54, 1.807) is 25.1 Å². The highest BCUT2D eigenvalue weighted by atomic mass is 16.5. The van der Waals surface area contributed by atoms with Crippen LogP contribution in [0.4, 0.5) is 0 Å². The first-order valence-electron chi connectivity index (χ1n) is 7.51. The molecule has 0 aromatic carbocycles. The van der Waals surface area contributed by atoms with Crippen molar-refractivity contribution in [1.29, 1.82) is 0 Å².